The van der Waals surface area contributed by atoms with E-state index in [4.69, 9.17) is 5.11 Å². The quantitative estimate of drug-likeness (QED) is 0.687. The van der Waals surface area contributed by atoms with Crippen molar-refractivity contribution in [1.29, 1.82) is 0 Å². The van der Waals surface area contributed by atoms with Crippen LogP contribution in [0.1, 0.15) is 36.6 Å². The van der Waals surface area contributed by atoms with Crippen LogP contribution in [0.4, 0.5) is 4.79 Å². The fourth-order valence-corrected chi connectivity index (χ4v) is 2.83. The molecule has 0 radical (unpaired) electrons. The maximum absolute atomic E-state index is 11.7. The topological polar surface area (TPSA) is 61.4 Å². The normalized spacial score (nSPS) is 12.2. The molecule has 0 aliphatic heterocycles. The number of amides is 2. The van der Waals surface area contributed by atoms with Crippen molar-refractivity contribution < 1.29 is 9.90 Å². The second-order valence-corrected chi connectivity index (χ2v) is 5.76. The summed E-state index contributed by atoms with van der Waals surface area (Å²) in [5.41, 5.74) is 1.22. The number of thiophene rings is 1. The Bertz CT molecular complexity index is 373. The second kappa shape index (κ2) is 8.93. The third-order valence-corrected chi connectivity index (χ3v) is 4.19. The average molecular weight is 284 g/mol. The van der Waals surface area contributed by atoms with Gasteiger partial charge in [0, 0.05) is 18.0 Å². The number of carbonyl (C=O) groups excluding carboxylic acids is 1. The molecule has 0 aromatic carbocycles. The van der Waals surface area contributed by atoms with Crippen molar-refractivity contribution in [2.75, 3.05) is 13.2 Å². The van der Waals surface area contributed by atoms with Gasteiger partial charge in [0.05, 0.1) is 6.54 Å². The van der Waals surface area contributed by atoms with E-state index in [2.05, 4.69) is 23.6 Å². The summed E-state index contributed by atoms with van der Waals surface area (Å²) < 4.78 is 0. The van der Waals surface area contributed by atoms with Crippen LogP contribution in [0.15, 0.2) is 11.4 Å². The van der Waals surface area contributed by atoms with Crippen molar-refractivity contribution in [3.63, 3.8) is 0 Å². The first-order valence-corrected chi connectivity index (χ1v) is 7.70. The Balaban J connectivity index is 2.25. The molecule has 0 saturated carbocycles. The van der Waals surface area contributed by atoms with E-state index in [9.17, 15) is 4.79 Å². The van der Waals surface area contributed by atoms with Crippen LogP contribution in [0.2, 0.25) is 0 Å². The predicted molar refractivity (Wildman–Crippen MR) is 79.4 cm³/mol. The maximum Gasteiger partial charge on any atom is 0.315 e. The molecule has 0 bridgehead atoms. The van der Waals surface area contributed by atoms with Crippen molar-refractivity contribution in [2.24, 2.45) is 5.92 Å². The first kappa shape index (κ1) is 16.0. The van der Waals surface area contributed by atoms with E-state index in [0.29, 0.717) is 19.0 Å². The first-order valence-electron chi connectivity index (χ1n) is 6.82. The van der Waals surface area contributed by atoms with Gasteiger partial charge in [-0.1, -0.05) is 13.3 Å². The van der Waals surface area contributed by atoms with Crippen LogP contribution in [0.3, 0.4) is 0 Å². The Hall–Kier alpha value is -1.07. The number of urea groups is 1. The zero-order valence-corrected chi connectivity index (χ0v) is 12.6. The van der Waals surface area contributed by atoms with Gasteiger partial charge in [-0.05, 0) is 42.7 Å². The molecule has 1 atom stereocenters. The summed E-state index contributed by atoms with van der Waals surface area (Å²) in [6.07, 6.45) is 2.85. The zero-order chi connectivity index (χ0) is 14.1. The van der Waals surface area contributed by atoms with Crippen LogP contribution in [0, 0.1) is 12.8 Å². The number of aryl methyl sites for hydroxylation is 1. The van der Waals surface area contributed by atoms with Gasteiger partial charge in [-0.2, -0.15) is 0 Å². The van der Waals surface area contributed by atoms with Crippen LogP contribution in [-0.4, -0.2) is 24.3 Å². The van der Waals surface area contributed by atoms with Crippen molar-refractivity contribution in [3.8, 4) is 0 Å². The number of aliphatic hydroxyl groups excluding tert-OH is 1. The number of hydrogen-bond acceptors (Lipinski definition) is 3. The fourth-order valence-electron chi connectivity index (χ4n) is 1.98. The molecule has 1 heterocycles. The fraction of sp³-hybridized carbons (Fsp3) is 0.643. The highest BCUT2D eigenvalue weighted by molar-refractivity contribution is 7.10. The SMILES string of the molecule is CCCC(CCO)CNC(=O)NCc1sccc1C. The summed E-state index contributed by atoms with van der Waals surface area (Å²) in [6.45, 7) is 5.55. The summed E-state index contributed by atoms with van der Waals surface area (Å²) >= 11 is 1.66. The van der Waals surface area contributed by atoms with Gasteiger partial charge in [-0.15, -0.1) is 11.3 Å². The molecule has 1 aromatic rings. The summed E-state index contributed by atoms with van der Waals surface area (Å²) in [4.78, 5) is 12.9. The van der Waals surface area contributed by atoms with E-state index in [1.54, 1.807) is 11.3 Å². The van der Waals surface area contributed by atoms with Crippen LogP contribution in [0.25, 0.3) is 0 Å². The molecule has 0 spiro atoms. The largest absolute Gasteiger partial charge is 0.396 e. The van der Waals surface area contributed by atoms with Gasteiger partial charge >= 0.3 is 6.03 Å². The minimum atomic E-state index is -0.133. The average Bonchev–Trinajstić information content (AvgIpc) is 2.79. The smallest absolute Gasteiger partial charge is 0.315 e. The molecule has 1 rings (SSSR count). The highest BCUT2D eigenvalue weighted by Crippen LogP contribution is 2.14. The van der Waals surface area contributed by atoms with Gasteiger partial charge in [0.2, 0.25) is 0 Å². The van der Waals surface area contributed by atoms with Gasteiger partial charge in [-0.3, -0.25) is 0 Å². The van der Waals surface area contributed by atoms with Crippen LogP contribution in [-0.2, 0) is 6.54 Å². The molecular weight excluding hydrogens is 260 g/mol. The molecule has 19 heavy (non-hydrogen) atoms. The Morgan fingerprint density at radius 1 is 1.42 bits per heavy atom. The van der Waals surface area contributed by atoms with Gasteiger partial charge in [-0.25, -0.2) is 4.79 Å². The second-order valence-electron chi connectivity index (χ2n) is 4.76. The van der Waals surface area contributed by atoms with Crippen molar-refractivity contribution in [2.45, 2.75) is 39.7 Å². The van der Waals surface area contributed by atoms with Gasteiger partial charge in [0.1, 0.15) is 0 Å². The lowest BCUT2D eigenvalue weighted by atomic mass is 10.0. The molecule has 3 N–H and O–H groups in total. The third-order valence-electron chi connectivity index (χ3n) is 3.16. The van der Waals surface area contributed by atoms with E-state index >= 15 is 0 Å². The lowest BCUT2D eigenvalue weighted by Gasteiger charge is -2.16. The van der Waals surface area contributed by atoms with Gasteiger partial charge in [0.15, 0.2) is 0 Å². The number of hydrogen-bond donors (Lipinski definition) is 3. The summed E-state index contributed by atoms with van der Waals surface area (Å²) in [5, 5.41) is 16.7. The Labute approximate surface area is 119 Å². The Kier molecular flexibility index (Phi) is 7.52. The highest BCUT2D eigenvalue weighted by Gasteiger charge is 2.09. The lowest BCUT2D eigenvalue weighted by Crippen LogP contribution is -2.38. The van der Waals surface area contributed by atoms with E-state index in [1.165, 1.54) is 10.4 Å². The molecule has 0 aliphatic rings. The van der Waals surface area contributed by atoms with Crippen molar-refractivity contribution in [1.82, 2.24) is 10.6 Å². The number of carbonyl (C=O) groups is 1. The minimum Gasteiger partial charge on any atom is -0.396 e. The van der Waals surface area contributed by atoms with Crippen LogP contribution in [0.5, 0.6) is 0 Å². The highest BCUT2D eigenvalue weighted by atomic mass is 32.1. The lowest BCUT2D eigenvalue weighted by molar-refractivity contribution is 0.229. The molecule has 5 heteroatoms. The van der Waals surface area contributed by atoms with Gasteiger partial charge < -0.3 is 15.7 Å². The zero-order valence-electron chi connectivity index (χ0n) is 11.7. The molecule has 1 aromatic heterocycles. The molecule has 0 aliphatic carbocycles. The van der Waals surface area contributed by atoms with Crippen LogP contribution >= 0.6 is 11.3 Å². The number of nitrogens with one attached hydrogen (secondary N) is 2. The van der Waals surface area contributed by atoms with E-state index in [0.717, 1.165) is 19.3 Å². The third kappa shape index (κ3) is 6.07. The standard InChI is InChI=1S/C14H24N2O2S/c1-3-4-12(5-7-17)9-15-14(18)16-10-13-11(2)6-8-19-13/h6,8,12,17H,3-5,7,9-10H2,1-2H3,(H2,15,16,18). The van der Waals surface area contributed by atoms with E-state index in [1.807, 2.05) is 12.3 Å². The molecule has 4 nitrogen and oxygen atoms in total. The minimum absolute atomic E-state index is 0.133. The number of aliphatic hydroxyl groups is 1. The molecule has 0 fully saturated rings. The first-order chi connectivity index (χ1) is 9.17. The maximum atomic E-state index is 11.7. The molecular formula is C14H24N2O2S. The Morgan fingerprint density at radius 3 is 2.79 bits per heavy atom. The van der Waals surface area contributed by atoms with Crippen LogP contribution < -0.4 is 10.6 Å². The number of rotatable bonds is 8. The van der Waals surface area contributed by atoms with E-state index < -0.39 is 0 Å². The molecule has 2 amide bonds. The Morgan fingerprint density at radius 2 is 2.21 bits per heavy atom. The van der Waals surface area contributed by atoms with Crippen molar-refractivity contribution >= 4 is 17.4 Å². The summed E-state index contributed by atoms with van der Waals surface area (Å²) in [5.74, 6) is 0.365. The van der Waals surface area contributed by atoms with E-state index in [-0.39, 0.29) is 12.6 Å². The molecule has 1 unspecified atom stereocenters. The van der Waals surface area contributed by atoms with Crippen molar-refractivity contribution in [3.05, 3.63) is 21.9 Å². The summed E-state index contributed by atoms with van der Waals surface area (Å²) in [7, 11) is 0. The summed E-state index contributed by atoms with van der Waals surface area (Å²) in [6, 6.07) is 1.92. The molecule has 108 valence electrons. The predicted octanol–water partition coefficient (Wildman–Crippen LogP) is 2.65. The van der Waals surface area contributed by atoms with Gasteiger partial charge in [0.25, 0.3) is 0 Å². The monoisotopic (exact) mass is 284 g/mol. The molecule has 0 saturated heterocycles.